The highest BCUT2D eigenvalue weighted by atomic mass is 16.6. The Morgan fingerprint density at radius 2 is 2.12 bits per heavy atom. The Morgan fingerprint density at radius 1 is 1.33 bits per heavy atom. The topological polar surface area (TPSA) is 82.1 Å². The van der Waals surface area contributed by atoms with Gasteiger partial charge in [0.1, 0.15) is 11.9 Å². The van der Waals surface area contributed by atoms with Crippen molar-refractivity contribution in [3.8, 4) is 5.75 Å². The first-order chi connectivity index (χ1) is 11.6. The lowest BCUT2D eigenvalue weighted by Crippen LogP contribution is -2.61. The van der Waals surface area contributed by atoms with E-state index >= 15 is 0 Å². The third-order valence-electron chi connectivity index (χ3n) is 6.52. The molecule has 2 aliphatic heterocycles. The first-order valence-electron chi connectivity index (χ1n) is 8.21. The van der Waals surface area contributed by atoms with E-state index in [9.17, 15) is 14.7 Å². The van der Waals surface area contributed by atoms with Crippen molar-refractivity contribution in [1.82, 2.24) is 0 Å². The Kier molecular flexibility index (Phi) is 2.56. The zero-order valence-corrected chi connectivity index (χ0v) is 13.4. The molecule has 24 heavy (non-hydrogen) atoms. The fourth-order valence-corrected chi connectivity index (χ4v) is 5.55. The first-order valence-corrected chi connectivity index (χ1v) is 8.21. The molecule has 2 heterocycles. The van der Waals surface area contributed by atoms with Crippen molar-refractivity contribution in [2.24, 2.45) is 23.2 Å². The minimum atomic E-state index is -1.34. The summed E-state index contributed by atoms with van der Waals surface area (Å²) in [4.78, 5) is 25.6. The predicted molar refractivity (Wildman–Crippen MR) is 80.1 cm³/mol. The second-order valence-electron chi connectivity index (χ2n) is 7.23. The zero-order valence-electron chi connectivity index (χ0n) is 13.4. The number of carbonyl (C=O) groups is 2. The molecule has 7 atom stereocenters. The molecule has 0 spiro atoms. The van der Waals surface area contributed by atoms with E-state index in [-0.39, 0.29) is 23.9 Å². The van der Waals surface area contributed by atoms with Crippen LogP contribution in [0.25, 0.3) is 0 Å². The number of esters is 2. The third-order valence-corrected chi connectivity index (χ3v) is 6.52. The number of methoxy groups -OCH3 is 2. The van der Waals surface area contributed by atoms with Gasteiger partial charge in [-0.3, -0.25) is 9.59 Å². The molecule has 2 saturated carbocycles. The lowest BCUT2D eigenvalue weighted by molar-refractivity contribution is -0.212. The van der Waals surface area contributed by atoms with E-state index in [1.54, 1.807) is 13.2 Å². The third kappa shape index (κ3) is 1.34. The summed E-state index contributed by atoms with van der Waals surface area (Å²) in [6.45, 7) is 0. The lowest BCUT2D eigenvalue weighted by atomic mass is 9.58. The first kappa shape index (κ1) is 14.3. The molecule has 5 aliphatic rings. The lowest BCUT2D eigenvalue weighted by Gasteiger charge is -2.50. The van der Waals surface area contributed by atoms with E-state index < -0.39 is 29.4 Å². The predicted octanol–water partition coefficient (Wildman–Crippen LogP) is 1.18. The molecular weight excluding hydrogens is 312 g/mol. The van der Waals surface area contributed by atoms with Crippen molar-refractivity contribution in [2.45, 2.75) is 24.5 Å². The Bertz CT molecular complexity index is 763. The Hall–Kier alpha value is -2.08. The van der Waals surface area contributed by atoms with Crippen molar-refractivity contribution >= 4 is 11.9 Å². The van der Waals surface area contributed by atoms with Crippen LogP contribution in [0.5, 0.6) is 5.75 Å². The van der Waals surface area contributed by atoms with Gasteiger partial charge in [0.25, 0.3) is 0 Å². The number of hydrogen-bond donors (Lipinski definition) is 1. The molecule has 126 valence electrons. The molecule has 1 aromatic carbocycles. The number of rotatable bonds is 2. The number of carbonyl (C=O) groups excluding carboxylic acids is 2. The van der Waals surface area contributed by atoms with Crippen molar-refractivity contribution < 1.29 is 28.9 Å². The molecule has 1 N–H and O–H groups in total. The van der Waals surface area contributed by atoms with Gasteiger partial charge in [0.15, 0.2) is 5.41 Å². The molecule has 6 rings (SSSR count). The molecule has 6 nitrogen and oxygen atoms in total. The molecular formula is C18H18O6. The summed E-state index contributed by atoms with van der Waals surface area (Å²) >= 11 is 0. The fourth-order valence-electron chi connectivity index (χ4n) is 5.55. The normalized spacial score (nSPS) is 43.4. The van der Waals surface area contributed by atoms with Gasteiger partial charge in [-0.15, -0.1) is 0 Å². The highest BCUT2D eigenvalue weighted by molar-refractivity contribution is 6.04. The monoisotopic (exact) mass is 330 g/mol. The van der Waals surface area contributed by atoms with E-state index in [0.29, 0.717) is 5.75 Å². The van der Waals surface area contributed by atoms with Crippen LogP contribution in [0.3, 0.4) is 0 Å². The summed E-state index contributed by atoms with van der Waals surface area (Å²) in [7, 11) is 2.87. The quantitative estimate of drug-likeness (QED) is 0.648. The number of benzene rings is 1. The SMILES string of the molecule is COC(=O)[C@@]12C(=O)O[C@@H](C3CC31)[C@@H]1[C@H]2c2cc(OC)ccc2[C@@H]1O. The average molecular weight is 330 g/mol. The van der Waals surface area contributed by atoms with Gasteiger partial charge in [-0.25, -0.2) is 0 Å². The van der Waals surface area contributed by atoms with Crippen LogP contribution in [-0.4, -0.2) is 37.4 Å². The maximum absolute atomic E-state index is 12.8. The van der Waals surface area contributed by atoms with Gasteiger partial charge in [-0.05, 0) is 35.6 Å². The molecule has 0 radical (unpaired) electrons. The second-order valence-corrected chi connectivity index (χ2v) is 7.23. The van der Waals surface area contributed by atoms with E-state index in [2.05, 4.69) is 0 Å². The second kappa shape index (κ2) is 4.30. The van der Waals surface area contributed by atoms with Crippen molar-refractivity contribution in [1.29, 1.82) is 0 Å². The van der Waals surface area contributed by atoms with Crippen LogP contribution >= 0.6 is 0 Å². The molecule has 1 aromatic rings. The largest absolute Gasteiger partial charge is 0.497 e. The van der Waals surface area contributed by atoms with Crippen LogP contribution in [0.1, 0.15) is 29.6 Å². The molecule has 3 aliphatic carbocycles. The Labute approximate surface area is 138 Å². The van der Waals surface area contributed by atoms with Gasteiger partial charge in [-0.2, -0.15) is 0 Å². The highest BCUT2D eigenvalue weighted by Crippen LogP contribution is 2.74. The number of aliphatic hydroxyl groups excluding tert-OH is 1. The van der Waals surface area contributed by atoms with Crippen molar-refractivity contribution in [2.75, 3.05) is 14.2 Å². The number of ether oxygens (including phenoxy) is 3. The van der Waals surface area contributed by atoms with Crippen molar-refractivity contribution in [3.05, 3.63) is 29.3 Å². The minimum absolute atomic E-state index is 0.0539. The van der Waals surface area contributed by atoms with Crippen LogP contribution in [-0.2, 0) is 19.1 Å². The summed E-state index contributed by atoms with van der Waals surface area (Å²) in [5.74, 6) is -1.02. The molecule has 0 aromatic heterocycles. The standard InChI is InChI=1S/C18H18O6/c1-22-7-3-4-8-9(5-7)13-12(14(8)19)15-10-6-11(10)18(13,16(20)23-2)17(21)24-15/h3-5,10-15,19H,6H2,1-2H3/t10?,11?,12-,13-,14+,15+,18-/m1/s1. The fraction of sp³-hybridized carbons (Fsp3) is 0.556. The number of fused-ring (bicyclic) bond motifs is 2. The molecule has 2 saturated heterocycles. The summed E-state index contributed by atoms with van der Waals surface area (Å²) in [6, 6.07) is 5.44. The van der Waals surface area contributed by atoms with E-state index in [4.69, 9.17) is 14.2 Å². The van der Waals surface area contributed by atoms with Gasteiger partial charge >= 0.3 is 11.9 Å². The smallest absolute Gasteiger partial charge is 0.324 e. The number of hydrogen-bond acceptors (Lipinski definition) is 6. The highest BCUT2D eigenvalue weighted by Gasteiger charge is 2.81. The molecule has 2 unspecified atom stereocenters. The maximum Gasteiger partial charge on any atom is 0.324 e. The molecule has 2 bridgehead atoms. The minimum Gasteiger partial charge on any atom is -0.497 e. The zero-order chi connectivity index (χ0) is 16.8. The average Bonchev–Trinajstić information content (AvgIpc) is 3.36. The van der Waals surface area contributed by atoms with Crippen LogP contribution in [0.15, 0.2) is 18.2 Å². The molecule has 4 fully saturated rings. The molecule has 6 heteroatoms. The van der Waals surface area contributed by atoms with Crippen LogP contribution in [0.4, 0.5) is 0 Å². The Morgan fingerprint density at radius 3 is 2.83 bits per heavy atom. The number of aliphatic hydroxyl groups is 1. The summed E-state index contributed by atoms with van der Waals surface area (Å²) in [5.41, 5.74) is 0.227. The van der Waals surface area contributed by atoms with E-state index in [1.807, 2.05) is 12.1 Å². The van der Waals surface area contributed by atoms with E-state index in [1.165, 1.54) is 7.11 Å². The van der Waals surface area contributed by atoms with Gasteiger partial charge in [0, 0.05) is 17.8 Å². The van der Waals surface area contributed by atoms with Crippen molar-refractivity contribution in [3.63, 3.8) is 0 Å². The molecule has 0 amide bonds. The summed E-state index contributed by atoms with van der Waals surface area (Å²) < 4.78 is 15.9. The van der Waals surface area contributed by atoms with E-state index in [0.717, 1.165) is 17.5 Å². The maximum atomic E-state index is 12.8. The Balaban J connectivity index is 1.76. The van der Waals surface area contributed by atoms with Gasteiger partial charge in [-0.1, -0.05) is 6.07 Å². The van der Waals surface area contributed by atoms with Crippen LogP contribution < -0.4 is 4.74 Å². The summed E-state index contributed by atoms with van der Waals surface area (Å²) in [5, 5.41) is 10.9. The summed E-state index contributed by atoms with van der Waals surface area (Å²) in [6.07, 6.45) is -0.308. The van der Waals surface area contributed by atoms with Crippen LogP contribution in [0, 0.1) is 23.2 Å². The van der Waals surface area contributed by atoms with Gasteiger partial charge in [0.05, 0.1) is 20.3 Å². The van der Waals surface area contributed by atoms with Gasteiger partial charge < -0.3 is 19.3 Å². The van der Waals surface area contributed by atoms with Crippen LogP contribution in [0.2, 0.25) is 0 Å². The van der Waals surface area contributed by atoms with Gasteiger partial charge in [0.2, 0.25) is 0 Å².